The third-order valence-electron chi connectivity index (χ3n) is 15.6. The zero-order valence-corrected chi connectivity index (χ0v) is 42.6. The number of hydrogen-bond acceptors (Lipinski definition) is 13. The summed E-state index contributed by atoms with van der Waals surface area (Å²) in [7, 11) is 3.01. The van der Waals surface area contributed by atoms with Crippen LogP contribution in [0.1, 0.15) is 69.2 Å². The van der Waals surface area contributed by atoms with E-state index in [0.29, 0.717) is 61.8 Å². The highest BCUT2D eigenvalue weighted by Crippen LogP contribution is 2.62. The smallest absolute Gasteiger partial charge is 0.417 e. The van der Waals surface area contributed by atoms with E-state index in [1.165, 1.54) is 14.2 Å². The van der Waals surface area contributed by atoms with Crippen molar-refractivity contribution in [2.24, 2.45) is 10.8 Å². The lowest BCUT2D eigenvalue weighted by Gasteiger charge is -2.55. The predicted octanol–water partition coefficient (Wildman–Crippen LogP) is 10.00. The van der Waals surface area contributed by atoms with E-state index in [1.54, 1.807) is 86.0 Å². The summed E-state index contributed by atoms with van der Waals surface area (Å²) in [4.78, 5) is 34.7. The summed E-state index contributed by atoms with van der Waals surface area (Å²) in [5, 5.41) is -0.101. The molecule has 2 aromatic heterocycles. The minimum atomic E-state index is -5.25. The number of likely N-dealkylation sites (tertiary alicyclic amines) is 1. The average Bonchev–Trinajstić information content (AvgIpc) is 3.82. The number of halogens is 7. The standard InChI is InChI=1S/C54H58F7N7O7/c1-29-40(54(59,60)61)36(18-38(41(29)55)66(19-31-8-13-34(70-6)14-9-31)20-32-10-15-35(71-7)16-11-32)43-42(56)44-39-46(64-48(63-44)73-28-52(22-53(52,57)58)25-65-23-51(24-65)26-72-27-51)67-21-33-12-17-37(45(67)30(2)74-47(39)62-43)68(33)49(69)75-50(3,4)5/h8-11,13-16,18,30,33,37,45H,12,17,19-28H2,1-7H3/t30-,33+,37-,45+,52?/m0/s1. The average molecular weight is 1050 g/mol. The molecule has 21 heteroatoms. The Hall–Kier alpha value is -6.35. The first-order chi connectivity index (χ1) is 35.5. The van der Waals surface area contributed by atoms with E-state index < -0.39 is 112 Å². The second-order valence-corrected chi connectivity index (χ2v) is 22.2. The number of methoxy groups -OCH3 is 2. The molecule has 0 N–H and O–H groups in total. The number of carbonyl (C=O) groups is 1. The fourth-order valence-corrected chi connectivity index (χ4v) is 11.9. The quantitative estimate of drug-likeness (QED) is 0.104. The minimum Gasteiger partial charge on any atom is -0.497 e. The van der Waals surface area contributed by atoms with E-state index in [0.717, 1.165) is 13.0 Å². The molecule has 7 heterocycles. The Bertz CT molecular complexity index is 2990. The van der Waals surface area contributed by atoms with Crippen molar-refractivity contribution in [1.29, 1.82) is 0 Å². The molecule has 1 unspecified atom stereocenters. The molecule has 3 aromatic carbocycles. The van der Waals surface area contributed by atoms with Gasteiger partial charge in [0, 0.05) is 56.7 Å². The number of hydrogen-bond donors (Lipinski definition) is 0. The molecule has 1 saturated carbocycles. The van der Waals surface area contributed by atoms with Crippen molar-refractivity contribution < 1.29 is 63.9 Å². The van der Waals surface area contributed by atoms with Crippen LogP contribution in [-0.4, -0.2) is 127 Å². The zero-order valence-electron chi connectivity index (χ0n) is 42.6. The van der Waals surface area contributed by atoms with Crippen LogP contribution in [0.3, 0.4) is 0 Å². The van der Waals surface area contributed by atoms with Gasteiger partial charge in [0.05, 0.1) is 62.2 Å². The number of nitrogens with zero attached hydrogens (tertiary/aromatic N) is 7. The van der Waals surface area contributed by atoms with Crippen molar-refractivity contribution in [3.8, 4) is 34.6 Å². The molecule has 2 bridgehead atoms. The molecule has 6 aliphatic rings. The van der Waals surface area contributed by atoms with Crippen LogP contribution in [0.2, 0.25) is 0 Å². The van der Waals surface area contributed by atoms with Crippen molar-refractivity contribution >= 4 is 28.5 Å². The number of fused-ring (bicyclic) bond motifs is 5. The van der Waals surface area contributed by atoms with Gasteiger partial charge in [0.2, 0.25) is 5.88 Å². The third-order valence-corrected chi connectivity index (χ3v) is 15.6. The summed E-state index contributed by atoms with van der Waals surface area (Å²) in [5.74, 6) is -4.82. The van der Waals surface area contributed by atoms with E-state index in [4.69, 9.17) is 33.4 Å². The Balaban J connectivity index is 1.06. The molecule has 5 fully saturated rings. The summed E-state index contributed by atoms with van der Waals surface area (Å²) >= 11 is 0. The molecule has 5 aliphatic heterocycles. The van der Waals surface area contributed by atoms with Crippen molar-refractivity contribution in [2.75, 3.05) is 70.0 Å². The normalized spacial score (nSPS) is 24.2. The lowest BCUT2D eigenvalue weighted by atomic mass is 9.77. The highest BCUT2D eigenvalue weighted by Gasteiger charge is 2.73. The largest absolute Gasteiger partial charge is 0.497 e. The fraction of sp³-hybridized carbons (Fsp3) is 0.519. The van der Waals surface area contributed by atoms with Gasteiger partial charge in [-0.1, -0.05) is 24.3 Å². The summed E-state index contributed by atoms with van der Waals surface area (Å²) in [6, 6.07) is 12.6. The number of ether oxygens (including phenoxy) is 6. The first-order valence-corrected chi connectivity index (χ1v) is 25.1. The summed E-state index contributed by atoms with van der Waals surface area (Å²) in [5.41, 5.74) is -6.00. The Morgan fingerprint density at radius 3 is 2.07 bits per heavy atom. The van der Waals surface area contributed by atoms with Gasteiger partial charge in [0.1, 0.15) is 58.0 Å². The van der Waals surface area contributed by atoms with E-state index in [2.05, 4.69) is 9.97 Å². The van der Waals surface area contributed by atoms with Crippen molar-refractivity contribution in [3.63, 3.8) is 0 Å². The Kier molecular flexibility index (Phi) is 12.3. The molecule has 1 spiro atoms. The second-order valence-electron chi connectivity index (χ2n) is 22.2. The van der Waals surface area contributed by atoms with E-state index >= 15 is 30.7 Å². The van der Waals surface area contributed by atoms with E-state index in [1.807, 2.05) is 9.80 Å². The summed E-state index contributed by atoms with van der Waals surface area (Å²) in [6.45, 7) is 9.85. The molecule has 0 radical (unpaired) electrons. The number of aromatic nitrogens is 3. The molecule has 5 atom stereocenters. The van der Waals surface area contributed by atoms with Gasteiger partial charge >= 0.3 is 18.3 Å². The maximum atomic E-state index is 18.1. The lowest BCUT2D eigenvalue weighted by Crippen LogP contribution is -2.66. The molecule has 11 rings (SSSR count). The lowest BCUT2D eigenvalue weighted by molar-refractivity contribution is -0.194. The van der Waals surface area contributed by atoms with Gasteiger partial charge in [-0.25, -0.2) is 27.3 Å². The van der Waals surface area contributed by atoms with Crippen LogP contribution < -0.4 is 28.7 Å². The van der Waals surface area contributed by atoms with E-state index in [-0.39, 0.29) is 54.4 Å². The van der Waals surface area contributed by atoms with Crippen LogP contribution in [0.5, 0.6) is 23.4 Å². The number of rotatable bonds is 13. The number of carbonyl (C=O) groups excluding carboxylic acids is 1. The highest BCUT2D eigenvalue weighted by atomic mass is 19.4. The number of amides is 1. The topological polar surface area (TPSA) is 124 Å². The SMILES string of the molecule is COc1ccc(CN(Cc2ccc(OC)cc2)c2cc(-c3nc4c5c(nc(OCC6(CN7CC8(COC8)C7)CC6(F)F)nc5c3F)N3C[C@H]5CC[C@@H]([C@H]3[C@H](C)O4)N5C(=O)OC(C)(C)C)c(C(F)(F)F)c(C)c2F)cc1. The van der Waals surface area contributed by atoms with Crippen LogP contribution in [0.15, 0.2) is 54.6 Å². The first kappa shape index (κ1) is 50.8. The molecule has 4 saturated heterocycles. The number of piperazine rings is 1. The number of pyridine rings is 1. The Morgan fingerprint density at radius 2 is 1.52 bits per heavy atom. The predicted molar refractivity (Wildman–Crippen MR) is 262 cm³/mol. The molecular formula is C54H58F7N7O7. The van der Waals surface area contributed by atoms with Crippen LogP contribution in [-0.2, 0) is 28.7 Å². The molecule has 5 aromatic rings. The van der Waals surface area contributed by atoms with Gasteiger partial charge in [-0.2, -0.15) is 23.1 Å². The summed E-state index contributed by atoms with van der Waals surface area (Å²) in [6.07, 6.45) is -6.06. The van der Waals surface area contributed by atoms with Gasteiger partial charge in [0.15, 0.2) is 5.82 Å². The van der Waals surface area contributed by atoms with Crippen LogP contribution >= 0.6 is 0 Å². The third kappa shape index (κ3) is 9.03. The van der Waals surface area contributed by atoms with Crippen LogP contribution in [0.25, 0.3) is 22.2 Å². The van der Waals surface area contributed by atoms with E-state index in [9.17, 15) is 4.79 Å². The maximum Gasteiger partial charge on any atom is 0.417 e. The molecule has 75 heavy (non-hydrogen) atoms. The Labute approximate surface area is 429 Å². The van der Waals surface area contributed by atoms with Crippen LogP contribution in [0, 0.1) is 29.4 Å². The highest BCUT2D eigenvalue weighted by molar-refractivity contribution is 5.98. The number of benzene rings is 3. The van der Waals surface area contributed by atoms with Crippen LogP contribution in [0.4, 0.5) is 47.0 Å². The minimum absolute atomic E-state index is 0.0125. The monoisotopic (exact) mass is 1050 g/mol. The fourth-order valence-electron chi connectivity index (χ4n) is 11.9. The van der Waals surface area contributed by atoms with Gasteiger partial charge in [0.25, 0.3) is 5.92 Å². The molecule has 400 valence electrons. The molecular weight excluding hydrogens is 992 g/mol. The van der Waals surface area contributed by atoms with Gasteiger partial charge in [-0.05, 0) is 94.5 Å². The number of alkyl halides is 5. The second kappa shape index (κ2) is 18.2. The van der Waals surface area contributed by atoms with Crippen molar-refractivity contribution in [1.82, 2.24) is 24.8 Å². The molecule has 1 aliphatic carbocycles. The number of anilines is 2. The van der Waals surface area contributed by atoms with Crippen molar-refractivity contribution in [3.05, 3.63) is 88.5 Å². The van der Waals surface area contributed by atoms with Crippen molar-refractivity contribution in [2.45, 2.75) is 109 Å². The zero-order chi connectivity index (χ0) is 53.1. The Morgan fingerprint density at radius 1 is 0.893 bits per heavy atom. The van der Waals surface area contributed by atoms with Gasteiger partial charge in [-0.3, -0.25) is 4.90 Å². The molecule has 1 amide bonds. The maximum absolute atomic E-state index is 18.1. The van der Waals surface area contributed by atoms with Gasteiger partial charge < -0.3 is 43.1 Å². The molecule has 14 nitrogen and oxygen atoms in total. The van der Waals surface area contributed by atoms with Gasteiger partial charge in [-0.15, -0.1) is 0 Å². The first-order valence-electron chi connectivity index (χ1n) is 25.1. The summed E-state index contributed by atoms with van der Waals surface area (Å²) < 4.78 is 148.